The van der Waals surface area contributed by atoms with E-state index in [2.05, 4.69) is 0 Å². The zero-order valence-corrected chi connectivity index (χ0v) is 25.0. The third-order valence-electron chi connectivity index (χ3n) is 7.49. The van der Waals surface area contributed by atoms with Crippen LogP contribution in [0.3, 0.4) is 0 Å². The molecule has 214 valence electrons. The minimum atomic E-state index is -0.623. The van der Waals surface area contributed by atoms with Crippen molar-refractivity contribution in [2.45, 2.75) is 39.7 Å². The van der Waals surface area contributed by atoms with E-state index < -0.39 is 6.04 Å². The first-order valence-electron chi connectivity index (χ1n) is 13.9. The van der Waals surface area contributed by atoms with E-state index >= 15 is 0 Å². The van der Waals surface area contributed by atoms with Crippen LogP contribution in [-0.4, -0.2) is 59.0 Å². The Balaban J connectivity index is 1.48. The van der Waals surface area contributed by atoms with Gasteiger partial charge in [-0.25, -0.2) is 4.99 Å². The number of amides is 2. The highest BCUT2D eigenvalue weighted by molar-refractivity contribution is 7.07. The molecule has 2 amide bonds. The number of fused-ring (bicyclic) bond motifs is 1. The molecule has 1 aromatic heterocycles. The number of likely N-dealkylation sites (tertiary alicyclic amines) is 1. The molecule has 0 aliphatic carbocycles. The normalized spacial score (nSPS) is 16.9. The standard InChI is InChI=1S/C31H33ClN4O4S/c1-4-34(5-2)30(39)27-20(3)33-31-36(28(27)22-10-12-23(32)13-11-22)29(38)25(41-31)18-21-8-14-24(15-9-21)40-19-26(37)35-16-6-7-17-35/h8-15,18,28H,4-7,16-17,19H2,1-3H3/b25-18-/t28-/m0/s1. The molecule has 3 aromatic rings. The van der Waals surface area contributed by atoms with Gasteiger partial charge in [-0.15, -0.1) is 0 Å². The molecule has 5 rings (SSSR count). The number of thiazole rings is 1. The van der Waals surface area contributed by atoms with E-state index in [-0.39, 0.29) is 24.0 Å². The molecule has 8 nitrogen and oxygen atoms in total. The fourth-order valence-corrected chi connectivity index (χ4v) is 6.42. The third kappa shape index (κ3) is 6.01. The first kappa shape index (κ1) is 28.8. The minimum absolute atomic E-state index is 0.00272. The molecule has 10 heteroatoms. The Bertz CT molecular complexity index is 1650. The SMILES string of the molecule is CCN(CC)C(=O)C1=C(C)N=c2s/c(=C\c3ccc(OCC(=O)N4CCCC4)cc3)c(=O)n2[C@H]1c1ccc(Cl)cc1. The maximum absolute atomic E-state index is 13.9. The second-order valence-corrected chi connectivity index (χ2v) is 11.5. The third-order valence-corrected chi connectivity index (χ3v) is 8.72. The smallest absolute Gasteiger partial charge is 0.271 e. The van der Waals surface area contributed by atoms with Crippen LogP contribution in [-0.2, 0) is 9.59 Å². The zero-order chi connectivity index (χ0) is 29.1. The molecule has 0 bridgehead atoms. The number of aromatic nitrogens is 1. The highest BCUT2D eigenvalue weighted by Gasteiger charge is 2.34. The van der Waals surface area contributed by atoms with Crippen molar-refractivity contribution in [1.29, 1.82) is 0 Å². The van der Waals surface area contributed by atoms with Crippen molar-refractivity contribution in [2.75, 3.05) is 32.8 Å². The lowest BCUT2D eigenvalue weighted by atomic mass is 9.94. The quantitative estimate of drug-likeness (QED) is 0.399. The lowest BCUT2D eigenvalue weighted by Gasteiger charge is -2.29. The number of benzene rings is 2. The van der Waals surface area contributed by atoms with Gasteiger partial charge < -0.3 is 14.5 Å². The van der Waals surface area contributed by atoms with Crippen molar-refractivity contribution < 1.29 is 14.3 Å². The molecule has 0 radical (unpaired) electrons. The van der Waals surface area contributed by atoms with E-state index in [1.165, 1.54) is 11.3 Å². The number of halogens is 1. The van der Waals surface area contributed by atoms with Crippen LogP contribution < -0.4 is 19.6 Å². The summed E-state index contributed by atoms with van der Waals surface area (Å²) >= 11 is 7.46. The van der Waals surface area contributed by atoms with Crippen LogP contribution in [0.2, 0.25) is 5.02 Å². The number of nitrogens with zero attached hydrogens (tertiary/aromatic N) is 4. The second kappa shape index (κ2) is 12.4. The van der Waals surface area contributed by atoms with Crippen molar-refractivity contribution in [3.05, 3.63) is 95.6 Å². The maximum Gasteiger partial charge on any atom is 0.271 e. The monoisotopic (exact) mass is 592 g/mol. The number of rotatable bonds is 8. The molecule has 1 atom stereocenters. The molecule has 2 aliphatic rings. The fraction of sp³-hybridized carbons (Fsp3) is 0.355. The van der Waals surface area contributed by atoms with Gasteiger partial charge in [0, 0.05) is 31.2 Å². The van der Waals surface area contributed by atoms with Crippen molar-refractivity contribution in [2.24, 2.45) is 4.99 Å². The summed E-state index contributed by atoms with van der Waals surface area (Å²) in [4.78, 5) is 48.6. The highest BCUT2D eigenvalue weighted by atomic mass is 35.5. The largest absolute Gasteiger partial charge is 0.484 e. The van der Waals surface area contributed by atoms with Crippen LogP contribution in [0.15, 0.2) is 69.6 Å². The molecule has 2 aromatic carbocycles. The Morgan fingerprint density at radius 2 is 1.73 bits per heavy atom. The van der Waals surface area contributed by atoms with Gasteiger partial charge in [-0.05, 0) is 75.1 Å². The summed E-state index contributed by atoms with van der Waals surface area (Å²) < 4.78 is 7.82. The number of carbonyl (C=O) groups excluding carboxylic acids is 2. The van der Waals surface area contributed by atoms with Gasteiger partial charge in [-0.2, -0.15) is 0 Å². The van der Waals surface area contributed by atoms with Gasteiger partial charge in [0.05, 0.1) is 21.8 Å². The lowest BCUT2D eigenvalue weighted by Crippen LogP contribution is -2.43. The number of ether oxygens (including phenoxy) is 1. The summed E-state index contributed by atoms with van der Waals surface area (Å²) in [6, 6.07) is 13.9. The van der Waals surface area contributed by atoms with Crippen LogP contribution in [0.1, 0.15) is 50.8 Å². The van der Waals surface area contributed by atoms with Crippen LogP contribution >= 0.6 is 22.9 Å². The Morgan fingerprint density at radius 1 is 1.07 bits per heavy atom. The average molecular weight is 593 g/mol. The average Bonchev–Trinajstić information content (AvgIpc) is 3.61. The van der Waals surface area contributed by atoms with Crippen molar-refractivity contribution >= 4 is 40.8 Å². The van der Waals surface area contributed by atoms with E-state index in [1.54, 1.807) is 33.7 Å². The van der Waals surface area contributed by atoms with E-state index in [0.717, 1.165) is 37.1 Å². The molecule has 41 heavy (non-hydrogen) atoms. The summed E-state index contributed by atoms with van der Waals surface area (Å²) in [5, 5.41) is 0.575. The van der Waals surface area contributed by atoms with E-state index in [4.69, 9.17) is 21.3 Å². The van der Waals surface area contributed by atoms with Crippen LogP contribution in [0.25, 0.3) is 6.08 Å². The van der Waals surface area contributed by atoms with E-state index in [1.807, 2.05) is 56.0 Å². The Labute approximate surface area is 247 Å². The van der Waals surface area contributed by atoms with E-state index in [0.29, 0.717) is 44.5 Å². The Kier molecular flexibility index (Phi) is 8.75. The molecule has 3 heterocycles. The van der Waals surface area contributed by atoms with Gasteiger partial charge in [0.2, 0.25) is 0 Å². The zero-order valence-electron chi connectivity index (χ0n) is 23.4. The first-order chi connectivity index (χ1) is 19.8. The molecular formula is C31H33ClN4O4S. The number of carbonyl (C=O) groups is 2. The Hall–Kier alpha value is -3.69. The highest BCUT2D eigenvalue weighted by Crippen LogP contribution is 2.31. The maximum atomic E-state index is 13.9. The second-order valence-electron chi connectivity index (χ2n) is 10.1. The minimum Gasteiger partial charge on any atom is -0.484 e. The molecule has 0 unspecified atom stereocenters. The van der Waals surface area contributed by atoms with Gasteiger partial charge in [0.15, 0.2) is 11.4 Å². The van der Waals surface area contributed by atoms with E-state index in [9.17, 15) is 14.4 Å². The topological polar surface area (TPSA) is 84.2 Å². The number of hydrogen-bond donors (Lipinski definition) is 0. The van der Waals surface area contributed by atoms with Crippen molar-refractivity contribution in [3.8, 4) is 5.75 Å². The predicted octanol–water partition coefficient (Wildman–Crippen LogP) is 3.76. The predicted molar refractivity (Wildman–Crippen MR) is 161 cm³/mol. The molecule has 2 aliphatic heterocycles. The molecule has 0 N–H and O–H groups in total. The van der Waals surface area contributed by atoms with Crippen molar-refractivity contribution in [3.63, 3.8) is 0 Å². The van der Waals surface area contributed by atoms with Crippen LogP contribution in [0.5, 0.6) is 5.75 Å². The van der Waals surface area contributed by atoms with Gasteiger partial charge in [0.1, 0.15) is 5.75 Å². The van der Waals surface area contributed by atoms with Gasteiger partial charge in [-0.1, -0.05) is 47.2 Å². The first-order valence-corrected chi connectivity index (χ1v) is 15.1. The van der Waals surface area contributed by atoms with Gasteiger partial charge in [-0.3, -0.25) is 19.0 Å². The number of hydrogen-bond acceptors (Lipinski definition) is 6. The number of likely N-dealkylation sites (N-methyl/N-ethyl adjacent to an activating group) is 1. The molecular weight excluding hydrogens is 560 g/mol. The molecule has 1 fully saturated rings. The summed E-state index contributed by atoms with van der Waals surface area (Å²) in [7, 11) is 0. The molecule has 1 saturated heterocycles. The van der Waals surface area contributed by atoms with Crippen LogP contribution in [0.4, 0.5) is 0 Å². The lowest BCUT2D eigenvalue weighted by molar-refractivity contribution is -0.132. The Morgan fingerprint density at radius 3 is 2.37 bits per heavy atom. The summed E-state index contributed by atoms with van der Waals surface area (Å²) in [6.07, 6.45) is 3.89. The fourth-order valence-electron chi connectivity index (χ4n) is 5.25. The van der Waals surface area contributed by atoms with Gasteiger partial charge in [0.25, 0.3) is 17.4 Å². The summed E-state index contributed by atoms with van der Waals surface area (Å²) in [5.74, 6) is 0.454. The summed E-state index contributed by atoms with van der Waals surface area (Å²) in [5.41, 5.74) is 2.46. The molecule has 0 spiro atoms. The summed E-state index contributed by atoms with van der Waals surface area (Å²) in [6.45, 7) is 8.40. The van der Waals surface area contributed by atoms with Gasteiger partial charge >= 0.3 is 0 Å². The van der Waals surface area contributed by atoms with Crippen molar-refractivity contribution in [1.82, 2.24) is 14.4 Å². The van der Waals surface area contributed by atoms with Crippen LogP contribution in [0, 0.1) is 0 Å². The number of allylic oxidation sites excluding steroid dienone is 1. The molecule has 0 saturated carbocycles.